The zero-order valence-electron chi connectivity index (χ0n) is 20.0. The average Bonchev–Trinajstić information content (AvgIpc) is 3.14. The van der Waals surface area contributed by atoms with Gasteiger partial charge in [-0.25, -0.2) is 9.18 Å². The third-order valence-corrected chi connectivity index (χ3v) is 5.13. The number of Topliss-reactive ketones (excluding diaryl/α,β-unsaturated/α-hetero) is 1. The van der Waals surface area contributed by atoms with Crippen molar-refractivity contribution in [3.63, 3.8) is 0 Å². The van der Waals surface area contributed by atoms with Gasteiger partial charge in [-0.2, -0.15) is 0 Å². The number of amides is 1. The number of ether oxygens (including phenoxy) is 1. The maximum Gasteiger partial charge on any atom is 0.419 e. The molecule has 0 saturated heterocycles. The van der Waals surface area contributed by atoms with Gasteiger partial charge in [-0.05, 0) is 71.0 Å². The molecule has 0 unspecified atom stereocenters. The first-order valence-electron chi connectivity index (χ1n) is 11.1. The first-order valence-corrected chi connectivity index (χ1v) is 11.1. The SMILES string of the molecule is CC(C)N(CC(=O)c1ccc(F)cc1)C(=O)/C=C/c1cn(C(=O)OC(C)(C)C)c2ccccc12. The van der Waals surface area contributed by atoms with E-state index in [9.17, 15) is 18.8 Å². The Morgan fingerprint density at radius 1 is 1.06 bits per heavy atom. The average molecular weight is 465 g/mol. The van der Waals surface area contributed by atoms with Gasteiger partial charge in [0.2, 0.25) is 5.91 Å². The highest BCUT2D eigenvalue weighted by Crippen LogP contribution is 2.24. The molecule has 0 spiro atoms. The van der Waals surface area contributed by atoms with E-state index in [0.717, 1.165) is 5.39 Å². The fourth-order valence-electron chi connectivity index (χ4n) is 3.45. The van der Waals surface area contributed by atoms with Crippen LogP contribution in [0.15, 0.2) is 60.8 Å². The molecule has 3 rings (SSSR count). The van der Waals surface area contributed by atoms with Crippen LogP contribution in [0.1, 0.15) is 50.5 Å². The van der Waals surface area contributed by atoms with E-state index in [0.29, 0.717) is 16.6 Å². The van der Waals surface area contributed by atoms with E-state index in [1.807, 2.05) is 32.0 Å². The van der Waals surface area contributed by atoms with Crippen molar-refractivity contribution in [3.05, 3.63) is 77.7 Å². The molecular weight excluding hydrogens is 435 g/mol. The van der Waals surface area contributed by atoms with Crippen LogP contribution >= 0.6 is 0 Å². The molecule has 1 aromatic heterocycles. The topological polar surface area (TPSA) is 68.6 Å². The number of halogens is 1. The Hall–Kier alpha value is -3.74. The summed E-state index contributed by atoms with van der Waals surface area (Å²) in [5.41, 5.74) is 1.02. The summed E-state index contributed by atoms with van der Waals surface area (Å²) in [7, 11) is 0. The molecule has 0 aliphatic carbocycles. The molecule has 7 heteroatoms. The second-order valence-corrected chi connectivity index (χ2v) is 9.28. The Balaban J connectivity index is 1.84. The highest BCUT2D eigenvalue weighted by Gasteiger charge is 2.21. The second kappa shape index (κ2) is 10.0. The standard InChI is InChI=1S/C27H29FN2O4/c1-18(2)29(17-24(31)19-10-13-21(28)14-11-19)25(32)15-12-20-16-30(26(33)34-27(3,4)5)23-9-7-6-8-22(20)23/h6-16,18H,17H2,1-5H3/b15-12+. The first kappa shape index (κ1) is 24.9. The number of aromatic nitrogens is 1. The summed E-state index contributed by atoms with van der Waals surface area (Å²) < 4.78 is 20.1. The van der Waals surface area contributed by atoms with Crippen LogP contribution in [0.4, 0.5) is 9.18 Å². The Morgan fingerprint density at radius 3 is 2.32 bits per heavy atom. The Kier molecular flexibility index (Phi) is 7.35. The summed E-state index contributed by atoms with van der Waals surface area (Å²) in [6.45, 7) is 8.89. The van der Waals surface area contributed by atoms with Gasteiger partial charge in [0.05, 0.1) is 12.1 Å². The summed E-state index contributed by atoms with van der Waals surface area (Å²) in [4.78, 5) is 39.7. The molecule has 0 atom stereocenters. The van der Waals surface area contributed by atoms with Gasteiger partial charge in [-0.1, -0.05) is 18.2 Å². The van der Waals surface area contributed by atoms with E-state index >= 15 is 0 Å². The summed E-state index contributed by atoms with van der Waals surface area (Å²) >= 11 is 0. The van der Waals surface area contributed by atoms with Crippen LogP contribution in [-0.4, -0.2) is 45.4 Å². The highest BCUT2D eigenvalue weighted by molar-refractivity contribution is 6.02. The van der Waals surface area contributed by atoms with E-state index in [1.54, 1.807) is 39.1 Å². The number of carbonyl (C=O) groups excluding carboxylic acids is 3. The van der Waals surface area contributed by atoms with Crippen molar-refractivity contribution in [2.75, 3.05) is 6.54 Å². The van der Waals surface area contributed by atoms with Crippen LogP contribution in [0.25, 0.3) is 17.0 Å². The molecule has 6 nitrogen and oxygen atoms in total. The van der Waals surface area contributed by atoms with Gasteiger partial charge in [0.25, 0.3) is 0 Å². The smallest absolute Gasteiger partial charge is 0.419 e. The molecule has 2 aromatic carbocycles. The minimum Gasteiger partial charge on any atom is -0.443 e. The van der Waals surface area contributed by atoms with Crippen LogP contribution in [0.2, 0.25) is 0 Å². The van der Waals surface area contributed by atoms with E-state index in [4.69, 9.17) is 4.74 Å². The van der Waals surface area contributed by atoms with Crippen LogP contribution in [0, 0.1) is 5.82 Å². The van der Waals surface area contributed by atoms with Gasteiger partial charge in [0.1, 0.15) is 11.4 Å². The lowest BCUT2D eigenvalue weighted by atomic mass is 10.1. The number of para-hydroxylation sites is 1. The van der Waals surface area contributed by atoms with Gasteiger partial charge in [0.15, 0.2) is 5.78 Å². The van der Waals surface area contributed by atoms with E-state index in [1.165, 1.54) is 39.8 Å². The molecule has 1 heterocycles. The van der Waals surface area contributed by atoms with Crippen LogP contribution in [0.3, 0.4) is 0 Å². The van der Waals surface area contributed by atoms with Crippen LogP contribution in [0.5, 0.6) is 0 Å². The first-order chi connectivity index (χ1) is 16.0. The van der Waals surface area contributed by atoms with Crippen LogP contribution in [-0.2, 0) is 9.53 Å². The van der Waals surface area contributed by atoms with Crippen LogP contribution < -0.4 is 0 Å². The molecule has 0 radical (unpaired) electrons. The molecule has 3 aromatic rings. The molecule has 0 fully saturated rings. The minimum absolute atomic E-state index is 0.133. The molecular formula is C27H29FN2O4. The van der Waals surface area contributed by atoms with Crippen molar-refractivity contribution in [2.24, 2.45) is 0 Å². The predicted molar refractivity (Wildman–Crippen MR) is 130 cm³/mol. The number of benzene rings is 2. The Morgan fingerprint density at radius 2 is 1.71 bits per heavy atom. The summed E-state index contributed by atoms with van der Waals surface area (Å²) in [5, 5.41) is 0.788. The van der Waals surface area contributed by atoms with Gasteiger partial charge < -0.3 is 9.64 Å². The molecule has 0 N–H and O–H groups in total. The monoisotopic (exact) mass is 464 g/mol. The van der Waals surface area contributed by atoms with Gasteiger partial charge in [-0.3, -0.25) is 14.2 Å². The number of nitrogens with zero attached hydrogens (tertiary/aromatic N) is 2. The largest absolute Gasteiger partial charge is 0.443 e. The number of ketones is 1. The maximum absolute atomic E-state index is 13.2. The Bertz CT molecular complexity index is 1230. The molecule has 0 bridgehead atoms. The third kappa shape index (κ3) is 5.98. The molecule has 0 saturated carbocycles. The fourth-order valence-corrected chi connectivity index (χ4v) is 3.45. The molecule has 1 amide bonds. The minimum atomic E-state index is -0.650. The second-order valence-electron chi connectivity index (χ2n) is 9.28. The van der Waals surface area contributed by atoms with Gasteiger partial charge in [-0.15, -0.1) is 0 Å². The zero-order valence-corrected chi connectivity index (χ0v) is 20.0. The normalized spacial score (nSPS) is 11.9. The summed E-state index contributed by atoms with van der Waals surface area (Å²) in [6.07, 6.45) is 4.14. The van der Waals surface area contributed by atoms with Gasteiger partial charge in [0, 0.05) is 34.8 Å². The molecule has 0 aliphatic heterocycles. The van der Waals surface area contributed by atoms with E-state index in [2.05, 4.69) is 0 Å². The lowest BCUT2D eigenvalue weighted by Crippen LogP contribution is -2.39. The molecule has 178 valence electrons. The molecule has 34 heavy (non-hydrogen) atoms. The van der Waals surface area contributed by atoms with Crippen molar-refractivity contribution >= 4 is 34.8 Å². The summed E-state index contributed by atoms with van der Waals surface area (Å²) in [6, 6.07) is 12.4. The number of rotatable bonds is 6. The van der Waals surface area contributed by atoms with E-state index < -0.39 is 17.5 Å². The third-order valence-electron chi connectivity index (χ3n) is 5.13. The number of fused-ring (bicyclic) bond motifs is 1. The van der Waals surface area contributed by atoms with Gasteiger partial charge >= 0.3 is 6.09 Å². The number of hydrogen-bond acceptors (Lipinski definition) is 4. The highest BCUT2D eigenvalue weighted by atomic mass is 19.1. The van der Waals surface area contributed by atoms with Crippen molar-refractivity contribution in [3.8, 4) is 0 Å². The predicted octanol–water partition coefficient (Wildman–Crippen LogP) is 5.70. The Labute approximate surface area is 198 Å². The quantitative estimate of drug-likeness (QED) is 0.347. The number of hydrogen-bond donors (Lipinski definition) is 0. The number of carbonyl (C=O) groups is 3. The lowest BCUT2D eigenvalue weighted by Gasteiger charge is -2.24. The fraction of sp³-hybridized carbons (Fsp3) is 0.296. The summed E-state index contributed by atoms with van der Waals surface area (Å²) in [5.74, 6) is -1.06. The van der Waals surface area contributed by atoms with Crippen molar-refractivity contribution in [1.82, 2.24) is 9.47 Å². The van der Waals surface area contributed by atoms with E-state index in [-0.39, 0.29) is 24.3 Å². The van der Waals surface area contributed by atoms with Crippen molar-refractivity contribution in [2.45, 2.75) is 46.3 Å². The molecule has 0 aliphatic rings. The lowest BCUT2D eigenvalue weighted by molar-refractivity contribution is -0.127. The van der Waals surface area contributed by atoms with Crippen molar-refractivity contribution in [1.29, 1.82) is 0 Å². The van der Waals surface area contributed by atoms with Crippen molar-refractivity contribution < 1.29 is 23.5 Å². The maximum atomic E-state index is 13.2. The zero-order chi connectivity index (χ0) is 25.0.